The van der Waals surface area contributed by atoms with Crippen LogP contribution in [0.25, 0.3) is 21.3 Å². The van der Waals surface area contributed by atoms with Crippen LogP contribution >= 0.6 is 23.6 Å². The number of nitrogens with zero attached hydrogens (tertiary/aromatic N) is 1. The summed E-state index contributed by atoms with van der Waals surface area (Å²) < 4.78 is 1.94. The van der Waals surface area contributed by atoms with Gasteiger partial charge in [-0.2, -0.15) is 0 Å². The molecule has 102 valence electrons. The lowest BCUT2D eigenvalue weighted by molar-refractivity contribution is 0.826. The molecule has 0 spiro atoms. The van der Waals surface area contributed by atoms with Gasteiger partial charge in [-0.25, -0.2) is 0 Å². The highest BCUT2D eigenvalue weighted by atomic mass is 32.1. The summed E-state index contributed by atoms with van der Waals surface area (Å²) in [6.07, 6.45) is 0. The van der Waals surface area contributed by atoms with Crippen LogP contribution in [0.4, 0.5) is 0 Å². The molecule has 0 aliphatic carbocycles. The van der Waals surface area contributed by atoms with E-state index in [0.717, 1.165) is 16.0 Å². The van der Waals surface area contributed by atoms with Crippen LogP contribution in [0, 0.1) is 18.6 Å². The molecule has 0 saturated heterocycles. The van der Waals surface area contributed by atoms with Crippen molar-refractivity contribution in [1.29, 1.82) is 0 Å². The van der Waals surface area contributed by atoms with Gasteiger partial charge in [-0.3, -0.25) is 9.36 Å². The van der Waals surface area contributed by atoms with E-state index in [1.54, 1.807) is 7.05 Å². The molecule has 2 aromatic heterocycles. The fourth-order valence-electron chi connectivity index (χ4n) is 2.22. The van der Waals surface area contributed by atoms with Crippen molar-refractivity contribution in [1.82, 2.24) is 9.55 Å². The zero-order valence-corrected chi connectivity index (χ0v) is 13.1. The quantitative estimate of drug-likeness (QED) is 0.691. The molecule has 0 unspecified atom stereocenters. The van der Waals surface area contributed by atoms with Gasteiger partial charge in [0.2, 0.25) is 0 Å². The van der Waals surface area contributed by atoms with Gasteiger partial charge in [0.15, 0.2) is 4.77 Å². The monoisotopic (exact) mass is 302 g/mol. The number of fused-ring (bicyclic) bond motifs is 1. The van der Waals surface area contributed by atoms with Gasteiger partial charge in [-0.05, 0) is 42.8 Å². The van der Waals surface area contributed by atoms with E-state index in [9.17, 15) is 4.79 Å². The third kappa shape index (κ3) is 1.94. The second-order valence-electron chi connectivity index (χ2n) is 4.95. The summed E-state index contributed by atoms with van der Waals surface area (Å²) in [6, 6.07) is 6.27. The Labute approximate surface area is 125 Å². The highest BCUT2D eigenvalue weighted by molar-refractivity contribution is 7.71. The largest absolute Gasteiger partial charge is 0.323 e. The molecular weight excluding hydrogens is 288 g/mol. The first-order chi connectivity index (χ1) is 9.49. The van der Waals surface area contributed by atoms with E-state index in [0.29, 0.717) is 10.2 Å². The average molecular weight is 302 g/mol. The smallest absolute Gasteiger partial charge is 0.263 e. The third-order valence-corrected chi connectivity index (χ3v) is 4.92. The molecule has 3 nitrogen and oxygen atoms in total. The van der Waals surface area contributed by atoms with E-state index >= 15 is 0 Å². The van der Waals surface area contributed by atoms with Crippen molar-refractivity contribution in [3.63, 3.8) is 0 Å². The number of benzene rings is 1. The molecule has 3 aromatic rings. The second-order valence-corrected chi connectivity index (χ2v) is 6.21. The summed E-state index contributed by atoms with van der Waals surface area (Å²) in [7, 11) is 1.70. The van der Waals surface area contributed by atoms with Crippen molar-refractivity contribution >= 4 is 33.8 Å². The fourth-order valence-corrected chi connectivity index (χ4v) is 3.43. The van der Waals surface area contributed by atoms with Gasteiger partial charge in [-0.1, -0.05) is 18.2 Å². The maximum absolute atomic E-state index is 12.4. The Hall–Kier alpha value is -1.72. The van der Waals surface area contributed by atoms with E-state index in [-0.39, 0.29) is 5.56 Å². The van der Waals surface area contributed by atoms with Gasteiger partial charge in [-0.15, -0.1) is 11.3 Å². The number of rotatable bonds is 1. The molecule has 0 aliphatic rings. The molecule has 1 N–H and O–H groups in total. The topological polar surface area (TPSA) is 37.8 Å². The van der Waals surface area contributed by atoms with Gasteiger partial charge < -0.3 is 4.98 Å². The van der Waals surface area contributed by atoms with E-state index in [4.69, 9.17) is 12.2 Å². The number of hydrogen-bond acceptors (Lipinski definition) is 3. The normalized spacial score (nSPS) is 11.2. The van der Waals surface area contributed by atoms with Gasteiger partial charge >= 0.3 is 0 Å². The van der Waals surface area contributed by atoms with Crippen LogP contribution in [-0.4, -0.2) is 9.55 Å². The minimum absolute atomic E-state index is 0.0433. The molecular formula is C15H14N2OS2. The Bertz CT molecular complexity index is 931. The number of hydrogen-bond donors (Lipinski definition) is 1. The molecule has 1 aromatic carbocycles. The van der Waals surface area contributed by atoms with E-state index in [1.165, 1.54) is 27.0 Å². The molecule has 0 saturated carbocycles. The van der Waals surface area contributed by atoms with Crippen LogP contribution < -0.4 is 5.56 Å². The Morgan fingerprint density at radius 2 is 2.00 bits per heavy atom. The number of thiophene rings is 1. The minimum atomic E-state index is -0.0433. The predicted molar refractivity (Wildman–Crippen MR) is 87.2 cm³/mol. The van der Waals surface area contributed by atoms with Crippen molar-refractivity contribution in [2.24, 2.45) is 7.05 Å². The molecule has 0 radical (unpaired) electrons. The number of aryl methyl sites for hydroxylation is 2. The lowest BCUT2D eigenvalue weighted by Crippen LogP contribution is -2.18. The Morgan fingerprint density at radius 3 is 2.70 bits per heavy atom. The third-order valence-electron chi connectivity index (χ3n) is 3.65. The molecule has 3 rings (SSSR count). The van der Waals surface area contributed by atoms with E-state index in [1.807, 2.05) is 5.38 Å². The van der Waals surface area contributed by atoms with Gasteiger partial charge in [0.05, 0.1) is 5.39 Å². The van der Waals surface area contributed by atoms with Crippen LogP contribution in [0.15, 0.2) is 28.4 Å². The Balaban J connectivity index is 2.38. The summed E-state index contributed by atoms with van der Waals surface area (Å²) >= 11 is 6.67. The molecule has 0 amide bonds. The molecule has 2 heterocycles. The van der Waals surface area contributed by atoms with Gasteiger partial charge in [0.1, 0.15) is 4.83 Å². The van der Waals surface area contributed by atoms with Crippen LogP contribution in [0.1, 0.15) is 11.1 Å². The standard InChI is InChI=1S/C15H14N2OS2/c1-8-4-5-10(6-9(8)2)11-7-20-13-12(11)14(18)17(3)15(19)16-13/h4-7H,1-3H3,(H,16,19). The molecule has 0 aliphatic heterocycles. The minimum Gasteiger partial charge on any atom is -0.323 e. The van der Waals surface area contributed by atoms with E-state index in [2.05, 4.69) is 37.0 Å². The summed E-state index contributed by atoms with van der Waals surface area (Å²) in [5, 5.41) is 2.73. The zero-order valence-electron chi connectivity index (χ0n) is 11.5. The summed E-state index contributed by atoms with van der Waals surface area (Å²) in [5.74, 6) is 0. The van der Waals surface area contributed by atoms with Crippen molar-refractivity contribution in [3.8, 4) is 11.1 Å². The van der Waals surface area contributed by atoms with Crippen molar-refractivity contribution in [3.05, 3.63) is 49.8 Å². The lowest BCUT2D eigenvalue weighted by atomic mass is 10.0. The van der Waals surface area contributed by atoms with Crippen molar-refractivity contribution in [2.45, 2.75) is 13.8 Å². The molecule has 20 heavy (non-hydrogen) atoms. The van der Waals surface area contributed by atoms with Crippen LogP contribution in [0.3, 0.4) is 0 Å². The average Bonchev–Trinajstić information content (AvgIpc) is 2.83. The van der Waals surface area contributed by atoms with E-state index < -0.39 is 0 Å². The Kier molecular flexibility index (Phi) is 3.11. The number of nitrogens with one attached hydrogen (secondary N) is 1. The van der Waals surface area contributed by atoms with Crippen LogP contribution in [-0.2, 0) is 7.05 Å². The highest BCUT2D eigenvalue weighted by Crippen LogP contribution is 2.31. The first-order valence-electron chi connectivity index (χ1n) is 6.27. The summed E-state index contributed by atoms with van der Waals surface area (Å²) in [6.45, 7) is 4.17. The lowest BCUT2D eigenvalue weighted by Gasteiger charge is -2.05. The first kappa shape index (κ1) is 13.3. The highest BCUT2D eigenvalue weighted by Gasteiger charge is 2.12. The SMILES string of the molecule is Cc1ccc(-c2csc3[nH]c(=S)n(C)c(=O)c23)cc1C. The van der Waals surface area contributed by atoms with Crippen LogP contribution in [0.5, 0.6) is 0 Å². The molecule has 0 fully saturated rings. The number of H-pyrrole nitrogens is 1. The number of aromatic amines is 1. The maximum atomic E-state index is 12.4. The van der Waals surface area contributed by atoms with Crippen LogP contribution in [0.2, 0.25) is 0 Å². The van der Waals surface area contributed by atoms with Gasteiger partial charge in [0, 0.05) is 18.0 Å². The first-order valence-corrected chi connectivity index (χ1v) is 7.56. The number of aromatic nitrogens is 2. The molecule has 0 atom stereocenters. The van der Waals surface area contributed by atoms with Gasteiger partial charge in [0.25, 0.3) is 5.56 Å². The van der Waals surface area contributed by atoms with Crippen molar-refractivity contribution in [2.75, 3.05) is 0 Å². The summed E-state index contributed by atoms with van der Waals surface area (Å²) in [5.41, 5.74) is 4.48. The Morgan fingerprint density at radius 1 is 1.25 bits per heavy atom. The zero-order chi connectivity index (χ0) is 14.4. The summed E-state index contributed by atoms with van der Waals surface area (Å²) in [4.78, 5) is 16.4. The second kappa shape index (κ2) is 4.68. The predicted octanol–water partition coefficient (Wildman–Crippen LogP) is 3.94. The maximum Gasteiger partial charge on any atom is 0.263 e. The fraction of sp³-hybridized carbons (Fsp3) is 0.200. The molecule has 5 heteroatoms. The van der Waals surface area contributed by atoms with Crippen molar-refractivity contribution < 1.29 is 0 Å². The molecule has 0 bridgehead atoms.